The largest absolute Gasteiger partial charge is 0.321 e. The monoisotopic (exact) mass is 249 g/mol. The Morgan fingerprint density at radius 1 is 1.41 bits per heavy atom. The minimum atomic E-state index is 0.656. The molecule has 0 atom stereocenters. The average molecular weight is 250 g/mol. The molecule has 0 bridgehead atoms. The van der Waals surface area contributed by atoms with Gasteiger partial charge in [-0.15, -0.1) is 6.58 Å². The Kier molecular flexibility index (Phi) is 5.50. The van der Waals surface area contributed by atoms with Crippen molar-refractivity contribution in [3.05, 3.63) is 53.2 Å². The summed E-state index contributed by atoms with van der Waals surface area (Å²) in [4.78, 5) is 12.4. The molecule has 0 aliphatic carbocycles. The summed E-state index contributed by atoms with van der Waals surface area (Å²) in [5.41, 5.74) is 2.08. The van der Waals surface area contributed by atoms with Crippen molar-refractivity contribution < 1.29 is 4.79 Å². The fourth-order valence-corrected chi connectivity index (χ4v) is 1.36. The average Bonchev–Trinajstić information content (AvgIpc) is 2.31. The van der Waals surface area contributed by atoms with E-state index in [1.165, 1.54) is 0 Å². The van der Waals surface area contributed by atoms with E-state index < -0.39 is 0 Å². The highest BCUT2D eigenvalue weighted by Gasteiger charge is 1.96. The van der Waals surface area contributed by atoms with Crippen LogP contribution in [0.4, 0.5) is 0 Å². The zero-order valence-electron chi connectivity index (χ0n) is 9.90. The lowest BCUT2D eigenvalue weighted by atomic mass is 10.2. The summed E-state index contributed by atoms with van der Waals surface area (Å²) in [5, 5.41) is 0.705. The maximum absolute atomic E-state index is 10.8. The number of carbonyl (C=O) groups is 1. The van der Waals surface area contributed by atoms with Gasteiger partial charge < -0.3 is 4.90 Å². The van der Waals surface area contributed by atoms with Crippen LogP contribution in [0.25, 0.3) is 6.08 Å². The minimum absolute atomic E-state index is 0.656. The van der Waals surface area contributed by atoms with Crippen LogP contribution in [-0.2, 0) is 4.79 Å². The number of carbonyl (C=O) groups excluding carboxylic acids is 1. The number of benzene rings is 1. The van der Waals surface area contributed by atoms with Crippen molar-refractivity contribution >= 4 is 24.1 Å². The van der Waals surface area contributed by atoms with E-state index in [9.17, 15) is 4.79 Å². The van der Waals surface area contributed by atoms with Crippen molar-refractivity contribution in [2.24, 2.45) is 0 Å². The molecule has 0 saturated carbocycles. The van der Waals surface area contributed by atoms with E-state index in [0.717, 1.165) is 24.0 Å². The van der Waals surface area contributed by atoms with Crippen molar-refractivity contribution in [3.63, 3.8) is 0 Å². The smallest absolute Gasteiger partial charge is 0.213 e. The summed E-state index contributed by atoms with van der Waals surface area (Å²) in [7, 11) is 0. The highest BCUT2D eigenvalue weighted by molar-refractivity contribution is 6.30. The third-order valence-electron chi connectivity index (χ3n) is 2.26. The topological polar surface area (TPSA) is 20.3 Å². The van der Waals surface area contributed by atoms with Crippen molar-refractivity contribution in [3.8, 4) is 0 Å². The van der Waals surface area contributed by atoms with Gasteiger partial charge in [0.15, 0.2) is 0 Å². The van der Waals surface area contributed by atoms with Crippen LogP contribution >= 0.6 is 11.6 Å². The molecule has 90 valence electrons. The van der Waals surface area contributed by atoms with Crippen LogP contribution in [0, 0.1) is 0 Å². The van der Waals surface area contributed by atoms with Crippen LogP contribution in [0.3, 0.4) is 0 Å². The Labute approximate surface area is 107 Å². The van der Waals surface area contributed by atoms with Crippen LogP contribution < -0.4 is 0 Å². The number of hydrogen-bond acceptors (Lipinski definition) is 1. The molecule has 1 rings (SSSR count). The summed E-state index contributed by atoms with van der Waals surface area (Å²) in [6.45, 7) is 6.41. The van der Waals surface area contributed by atoms with E-state index in [-0.39, 0.29) is 0 Å². The zero-order valence-corrected chi connectivity index (χ0v) is 10.7. The second kappa shape index (κ2) is 6.92. The first kappa shape index (κ1) is 13.5. The lowest BCUT2D eigenvalue weighted by Crippen LogP contribution is -2.16. The van der Waals surface area contributed by atoms with E-state index >= 15 is 0 Å². The SMILES string of the molecule is C=C(C)CCN(C=O)/C=C/c1ccc(Cl)cc1. The van der Waals surface area contributed by atoms with Crippen LogP contribution in [0.1, 0.15) is 18.9 Å². The Morgan fingerprint density at radius 3 is 2.59 bits per heavy atom. The number of nitrogens with zero attached hydrogens (tertiary/aromatic N) is 1. The van der Waals surface area contributed by atoms with Crippen molar-refractivity contribution in [1.82, 2.24) is 4.90 Å². The van der Waals surface area contributed by atoms with E-state index in [1.807, 2.05) is 37.3 Å². The summed E-state index contributed by atoms with van der Waals surface area (Å²) in [6, 6.07) is 7.45. The summed E-state index contributed by atoms with van der Waals surface area (Å²) in [6.07, 6.45) is 5.27. The molecule has 0 aromatic heterocycles. The van der Waals surface area contributed by atoms with Crippen molar-refractivity contribution in [1.29, 1.82) is 0 Å². The first-order valence-electron chi connectivity index (χ1n) is 5.41. The van der Waals surface area contributed by atoms with Gasteiger partial charge in [0.2, 0.25) is 6.41 Å². The fourth-order valence-electron chi connectivity index (χ4n) is 1.24. The van der Waals surface area contributed by atoms with Gasteiger partial charge in [0.1, 0.15) is 0 Å². The molecule has 0 N–H and O–H groups in total. The maximum atomic E-state index is 10.8. The molecule has 0 heterocycles. The molecule has 1 aromatic rings. The maximum Gasteiger partial charge on any atom is 0.213 e. The molecule has 3 heteroatoms. The second-order valence-electron chi connectivity index (χ2n) is 3.92. The van der Waals surface area contributed by atoms with Gasteiger partial charge in [-0.2, -0.15) is 0 Å². The van der Waals surface area contributed by atoms with Gasteiger partial charge in [-0.05, 0) is 37.1 Å². The first-order valence-corrected chi connectivity index (χ1v) is 5.79. The third-order valence-corrected chi connectivity index (χ3v) is 2.51. The molecule has 2 nitrogen and oxygen atoms in total. The zero-order chi connectivity index (χ0) is 12.7. The van der Waals surface area contributed by atoms with E-state index in [0.29, 0.717) is 11.6 Å². The van der Waals surface area contributed by atoms with E-state index in [4.69, 9.17) is 11.6 Å². The standard InChI is InChI=1S/C14H16ClNO/c1-12(2)7-9-16(11-17)10-8-13-3-5-14(15)6-4-13/h3-6,8,10-11H,1,7,9H2,2H3/b10-8+. The second-order valence-corrected chi connectivity index (χ2v) is 4.35. The van der Waals surface area contributed by atoms with Gasteiger partial charge in [-0.1, -0.05) is 29.3 Å². The normalized spacial score (nSPS) is 10.5. The summed E-state index contributed by atoms with van der Waals surface area (Å²) >= 11 is 5.79. The number of hydrogen-bond donors (Lipinski definition) is 0. The third kappa shape index (κ3) is 5.36. The Morgan fingerprint density at radius 2 is 2.06 bits per heavy atom. The molecule has 0 unspecified atom stereocenters. The van der Waals surface area contributed by atoms with E-state index in [1.54, 1.807) is 11.1 Å². The van der Waals surface area contributed by atoms with Gasteiger partial charge in [0.25, 0.3) is 0 Å². The predicted molar refractivity (Wildman–Crippen MR) is 72.7 cm³/mol. The molecule has 0 fully saturated rings. The highest BCUT2D eigenvalue weighted by atomic mass is 35.5. The van der Waals surface area contributed by atoms with Gasteiger partial charge in [0, 0.05) is 17.8 Å². The quantitative estimate of drug-likeness (QED) is 0.556. The molecule has 0 radical (unpaired) electrons. The molecular weight excluding hydrogens is 234 g/mol. The Hall–Kier alpha value is -1.54. The van der Waals surface area contributed by atoms with Gasteiger partial charge in [0.05, 0.1) is 0 Å². The van der Waals surface area contributed by atoms with Gasteiger partial charge in [-0.25, -0.2) is 0 Å². The molecule has 0 spiro atoms. The molecule has 1 amide bonds. The van der Waals surface area contributed by atoms with Crippen molar-refractivity contribution in [2.45, 2.75) is 13.3 Å². The van der Waals surface area contributed by atoms with Gasteiger partial charge >= 0.3 is 0 Å². The molecule has 0 saturated heterocycles. The van der Waals surface area contributed by atoms with Crippen molar-refractivity contribution in [2.75, 3.05) is 6.54 Å². The van der Waals surface area contributed by atoms with Crippen LogP contribution in [0.15, 0.2) is 42.6 Å². The van der Waals surface area contributed by atoms with Gasteiger partial charge in [-0.3, -0.25) is 4.79 Å². The molecule has 0 aliphatic rings. The lowest BCUT2D eigenvalue weighted by molar-refractivity contribution is -0.115. The molecular formula is C14H16ClNO. The summed E-state index contributed by atoms with van der Waals surface area (Å²) < 4.78 is 0. The predicted octanol–water partition coefficient (Wildman–Crippen LogP) is 3.74. The number of halogens is 1. The van der Waals surface area contributed by atoms with E-state index in [2.05, 4.69) is 6.58 Å². The first-order chi connectivity index (χ1) is 8.11. The Bertz CT molecular complexity index is 409. The number of amides is 1. The minimum Gasteiger partial charge on any atom is -0.321 e. The van der Waals surface area contributed by atoms with Crippen LogP contribution in [0.5, 0.6) is 0 Å². The molecule has 1 aromatic carbocycles. The lowest BCUT2D eigenvalue weighted by Gasteiger charge is -2.11. The molecule has 17 heavy (non-hydrogen) atoms. The molecule has 0 aliphatic heterocycles. The van der Waals surface area contributed by atoms with Crippen LogP contribution in [-0.4, -0.2) is 17.9 Å². The highest BCUT2D eigenvalue weighted by Crippen LogP contribution is 2.11. The number of rotatable bonds is 6. The van der Waals surface area contributed by atoms with Crippen LogP contribution in [0.2, 0.25) is 5.02 Å². The fraction of sp³-hybridized carbons (Fsp3) is 0.214. The summed E-state index contributed by atoms with van der Waals surface area (Å²) in [5.74, 6) is 0. The Balaban J connectivity index is 2.57.